The molecule has 0 bridgehead atoms. The molecule has 0 aliphatic rings. The number of nitro groups is 1. The van der Waals surface area contributed by atoms with Crippen molar-refractivity contribution < 1.29 is 4.92 Å². The van der Waals surface area contributed by atoms with Gasteiger partial charge in [0.1, 0.15) is 5.69 Å². The molecule has 0 saturated carbocycles. The van der Waals surface area contributed by atoms with Crippen molar-refractivity contribution in [1.82, 2.24) is 0 Å². The van der Waals surface area contributed by atoms with Crippen LogP contribution in [-0.2, 0) is 6.54 Å². The highest BCUT2D eigenvalue weighted by Crippen LogP contribution is 2.28. The Morgan fingerprint density at radius 1 is 1.44 bits per heavy atom. The summed E-state index contributed by atoms with van der Waals surface area (Å²) in [6.07, 6.45) is 0. The average Bonchev–Trinajstić information content (AvgIpc) is 2.73. The fourth-order valence-corrected chi connectivity index (χ4v) is 2.58. The van der Waals surface area contributed by atoms with E-state index in [9.17, 15) is 10.1 Å². The summed E-state index contributed by atoms with van der Waals surface area (Å²) in [6, 6.07) is 6.64. The molecule has 0 radical (unpaired) electrons. The summed E-state index contributed by atoms with van der Waals surface area (Å²) in [6.45, 7) is 2.59. The van der Waals surface area contributed by atoms with Gasteiger partial charge in [-0.1, -0.05) is 11.6 Å². The van der Waals surface area contributed by atoms with Gasteiger partial charge in [0.05, 0.1) is 4.92 Å². The number of aryl methyl sites for hydroxylation is 1. The van der Waals surface area contributed by atoms with Crippen LogP contribution >= 0.6 is 22.9 Å². The topological polar surface area (TPSA) is 55.2 Å². The standard InChI is InChI=1S/C12H11ClN2O2S/c1-8-4-5-18-12(8)7-14-10-3-2-9(13)6-11(10)15(16)17/h2-6,14H,7H2,1H3. The van der Waals surface area contributed by atoms with Gasteiger partial charge < -0.3 is 5.32 Å². The van der Waals surface area contributed by atoms with Crippen LogP contribution in [0.5, 0.6) is 0 Å². The Hall–Kier alpha value is -1.59. The van der Waals surface area contributed by atoms with Gasteiger partial charge in [-0.3, -0.25) is 10.1 Å². The predicted octanol–water partition coefficient (Wildman–Crippen LogP) is 4.23. The molecule has 0 aliphatic carbocycles. The number of nitrogens with zero attached hydrogens (tertiary/aromatic N) is 1. The van der Waals surface area contributed by atoms with E-state index in [1.54, 1.807) is 23.5 Å². The van der Waals surface area contributed by atoms with Gasteiger partial charge in [0, 0.05) is 22.5 Å². The minimum atomic E-state index is -0.435. The number of hydrogen-bond donors (Lipinski definition) is 1. The van der Waals surface area contributed by atoms with Crippen LogP contribution in [0.3, 0.4) is 0 Å². The fraction of sp³-hybridized carbons (Fsp3) is 0.167. The summed E-state index contributed by atoms with van der Waals surface area (Å²) in [5.74, 6) is 0. The van der Waals surface area contributed by atoms with E-state index in [-0.39, 0.29) is 5.69 Å². The van der Waals surface area contributed by atoms with Gasteiger partial charge in [-0.2, -0.15) is 0 Å². The first-order chi connectivity index (χ1) is 8.58. The first kappa shape index (κ1) is 12.9. The Balaban J connectivity index is 2.19. The maximum Gasteiger partial charge on any atom is 0.293 e. The van der Waals surface area contributed by atoms with Crippen LogP contribution in [0, 0.1) is 17.0 Å². The summed E-state index contributed by atoms with van der Waals surface area (Å²) in [5, 5.41) is 16.4. The summed E-state index contributed by atoms with van der Waals surface area (Å²) in [7, 11) is 0. The molecule has 6 heteroatoms. The molecule has 94 valence electrons. The SMILES string of the molecule is Cc1ccsc1CNc1ccc(Cl)cc1[N+](=O)[O-]. The third kappa shape index (κ3) is 2.80. The van der Waals surface area contributed by atoms with E-state index < -0.39 is 4.92 Å². The van der Waals surface area contributed by atoms with Crippen molar-refractivity contribution >= 4 is 34.3 Å². The molecule has 0 atom stereocenters. The molecule has 2 rings (SSSR count). The molecule has 4 nitrogen and oxygen atoms in total. The third-order valence-electron chi connectivity index (χ3n) is 2.56. The number of nitro benzene ring substituents is 1. The summed E-state index contributed by atoms with van der Waals surface area (Å²) in [5.41, 5.74) is 1.66. The minimum Gasteiger partial charge on any atom is -0.375 e. The average molecular weight is 283 g/mol. The Morgan fingerprint density at radius 3 is 2.83 bits per heavy atom. The predicted molar refractivity (Wildman–Crippen MR) is 74.5 cm³/mol. The quantitative estimate of drug-likeness (QED) is 0.674. The molecular formula is C12H11ClN2O2S. The Kier molecular flexibility index (Phi) is 3.84. The second-order valence-corrected chi connectivity index (χ2v) is 5.24. The largest absolute Gasteiger partial charge is 0.375 e. The maximum atomic E-state index is 10.9. The number of benzene rings is 1. The van der Waals surface area contributed by atoms with Crippen LogP contribution in [0.15, 0.2) is 29.6 Å². The molecule has 0 unspecified atom stereocenters. The fourth-order valence-electron chi connectivity index (χ4n) is 1.57. The van der Waals surface area contributed by atoms with E-state index in [1.165, 1.54) is 16.5 Å². The zero-order valence-corrected chi connectivity index (χ0v) is 11.2. The van der Waals surface area contributed by atoms with E-state index in [2.05, 4.69) is 5.32 Å². The first-order valence-corrected chi connectivity index (χ1v) is 6.54. The number of nitrogens with one attached hydrogen (secondary N) is 1. The highest BCUT2D eigenvalue weighted by atomic mass is 35.5. The molecule has 1 aromatic carbocycles. The lowest BCUT2D eigenvalue weighted by Crippen LogP contribution is -2.02. The van der Waals surface area contributed by atoms with E-state index >= 15 is 0 Å². The molecule has 1 aromatic heterocycles. The van der Waals surface area contributed by atoms with Gasteiger partial charge in [-0.05, 0) is 36.1 Å². The van der Waals surface area contributed by atoms with Crippen molar-refractivity contribution in [2.75, 3.05) is 5.32 Å². The van der Waals surface area contributed by atoms with Crippen molar-refractivity contribution in [3.8, 4) is 0 Å². The Bertz CT molecular complexity index is 583. The van der Waals surface area contributed by atoms with Crippen molar-refractivity contribution in [1.29, 1.82) is 0 Å². The number of halogens is 1. The van der Waals surface area contributed by atoms with Crippen molar-refractivity contribution in [3.63, 3.8) is 0 Å². The summed E-state index contributed by atoms with van der Waals surface area (Å²) < 4.78 is 0. The van der Waals surface area contributed by atoms with Crippen LogP contribution in [0.2, 0.25) is 5.02 Å². The van der Waals surface area contributed by atoms with Gasteiger partial charge >= 0.3 is 0 Å². The van der Waals surface area contributed by atoms with Gasteiger partial charge in [0.15, 0.2) is 0 Å². The number of thiophene rings is 1. The van der Waals surface area contributed by atoms with E-state index in [1.807, 2.05) is 18.4 Å². The first-order valence-electron chi connectivity index (χ1n) is 5.28. The van der Waals surface area contributed by atoms with Crippen LogP contribution in [-0.4, -0.2) is 4.92 Å². The van der Waals surface area contributed by atoms with Crippen molar-refractivity contribution in [2.45, 2.75) is 13.5 Å². The lowest BCUT2D eigenvalue weighted by Gasteiger charge is -2.06. The molecule has 0 aliphatic heterocycles. The molecular weight excluding hydrogens is 272 g/mol. The van der Waals surface area contributed by atoms with E-state index in [0.29, 0.717) is 17.3 Å². The zero-order valence-electron chi connectivity index (χ0n) is 9.64. The second-order valence-electron chi connectivity index (χ2n) is 3.80. The van der Waals surface area contributed by atoms with Crippen LogP contribution in [0.1, 0.15) is 10.4 Å². The van der Waals surface area contributed by atoms with Crippen LogP contribution in [0.25, 0.3) is 0 Å². The highest BCUT2D eigenvalue weighted by Gasteiger charge is 2.14. The highest BCUT2D eigenvalue weighted by molar-refractivity contribution is 7.10. The van der Waals surface area contributed by atoms with Crippen molar-refractivity contribution in [3.05, 3.63) is 55.2 Å². The monoisotopic (exact) mass is 282 g/mol. The van der Waals surface area contributed by atoms with Gasteiger partial charge in [0.2, 0.25) is 0 Å². The normalized spacial score (nSPS) is 10.3. The van der Waals surface area contributed by atoms with Crippen LogP contribution < -0.4 is 5.32 Å². The van der Waals surface area contributed by atoms with Crippen molar-refractivity contribution in [2.24, 2.45) is 0 Å². The number of hydrogen-bond acceptors (Lipinski definition) is 4. The lowest BCUT2D eigenvalue weighted by atomic mass is 10.2. The molecule has 1 heterocycles. The lowest BCUT2D eigenvalue weighted by molar-refractivity contribution is -0.383. The van der Waals surface area contributed by atoms with Gasteiger partial charge in [-0.25, -0.2) is 0 Å². The molecule has 1 N–H and O–H groups in total. The number of anilines is 1. The smallest absolute Gasteiger partial charge is 0.293 e. The van der Waals surface area contributed by atoms with E-state index in [0.717, 1.165) is 0 Å². The number of rotatable bonds is 4. The molecule has 0 spiro atoms. The zero-order chi connectivity index (χ0) is 13.1. The molecule has 0 fully saturated rings. The van der Waals surface area contributed by atoms with Gasteiger partial charge in [-0.15, -0.1) is 11.3 Å². The molecule has 2 aromatic rings. The Morgan fingerprint density at radius 2 is 2.22 bits per heavy atom. The van der Waals surface area contributed by atoms with Gasteiger partial charge in [0.25, 0.3) is 5.69 Å². The summed E-state index contributed by atoms with van der Waals surface area (Å²) >= 11 is 7.38. The molecule has 18 heavy (non-hydrogen) atoms. The summed E-state index contributed by atoms with van der Waals surface area (Å²) in [4.78, 5) is 11.6. The molecule has 0 amide bonds. The maximum absolute atomic E-state index is 10.9. The molecule has 0 saturated heterocycles. The second kappa shape index (κ2) is 5.37. The minimum absolute atomic E-state index is 0.00305. The van der Waals surface area contributed by atoms with E-state index in [4.69, 9.17) is 11.6 Å². The Labute approximate surface area is 113 Å². The van der Waals surface area contributed by atoms with Crippen LogP contribution in [0.4, 0.5) is 11.4 Å². The third-order valence-corrected chi connectivity index (χ3v) is 3.82.